The van der Waals surface area contributed by atoms with Crippen LogP contribution in [-0.2, 0) is 4.74 Å². The van der Waals surface area contributed by atoms with Crippen LogP contribution in [0.2, 0.25) is 0 Å². The van der Waals surface area contributed by atoms with Gasteiger partial charge in [0.1, 0.15) is 12.0 Å². The lowest BCUT2D eigenvalue weighted by molar-refractivity contribution is 0.0935. The van der Waals surface area contributed by atoms with Crippen molar-refractivity contribution in [2.75, 3.05) is 36.5 Å². The number of nitrogens with one attached hydrogen (secondary N) is 2. The number of amides is 1. The van der Waals surface area contributed by atoms with Crippen LogP contribution in [0.1, 0.15) is 27.7 Å². The van der Waals surface area contributed by atoms with Crippen LogP contribution in [-0.4, -0.2) is 32.2 Å². The number of carbonyl (C=O) groups excluding carboxylic acids is 1. The Morgan fingerprint density at radius 1 is 1.16 bits per heavy atom. The zero-order chi connectivity index (χ0) is 17.4. The predicted molar refractivity (Wildman–Crippen MR) is 94.4 cm³/mol. The second kappa shape index (κ2) is 6.37. The number of hydrogen-bond acceptors (Lipinski definition) is 4. The first kappa shape index (κ1) is 15.9. The highest BCUT2D eigenvalue weighted by Gasteiger charge is 2.26. The number of halogens is 1. The van der Waals surface area contributed by atoms with Gasteiger partial charge in [-0.05, 0) is 36.2 Å². The summed E-state index contributed by atoms with van der Waals surface area (Å²) in [7, 11) is 0. The molecule has 0 unspecified atom stereocenters. The van der Waals surface area contributed by atoms with Gasteiger partial charge in [0.05, 0.1) is 30.2 Å². The summed E-state index contributed by atoms with van der Waals surface area (Å²) in [6.07, 6.45) is -0.450. The van der Waals surface area contributed by atoms with Gasteiger partial charge < -0.3 is 20.3 Å². The maximum Gasteiger partial charge on any atom is 0.255 e. The number of carbonyl (C=O) groups is 1. The Morgan fingerprint density at radius 2 is 1.96 bits per heavy atom. The van der Waals surface area contributed by atoms with Gasteiger partial charge in [-0.3, -0.25) is 4.79 Å². The summed E-state index contributed by atoms with van der Waals surface area (Å²) < 4.78 is 20.0. The van der Waals surface area contributed by atoms with E-state index in [4.69, 9.17) is 4.74 Å². The third-order valence-corrected chi connectivity index (χ3v) is 4.74. The van der Waals surface area contributed by atoms with Crippen LogP contribution >= 0.6 is 0 Å². The molecule has 25 heavy (non-hydrogen) atoms. The SMILES string of the molecule is Cc1cccc2c1N[C@@H](c1ccc(N3CCOCC3)c(F)c1)NC2=O. The third kappa shape index (κ3) is 2.93. The average molecular weight is 341 g/mol. The number of aryl methyl sites for hydroxylation is 1. The first-order valence-corrected chi connectivity index (χ1v) is 8.42. The van der Waals surface area contributed by atoms with Crippen molar-refractivity contribution in [3.8, 4) is 0 Å². The van der Waals surface area contributed by atoms with Crippen LogP contribution in [0.15, 0.2) is 36.4 Å². The Kier molecular flexibility index (Phi) is 4.05. The van der Waals surface area contributed by atoms with Gasteiger partial charge in [-0.2, -0.15) is 0 Å². The van der Waals surface area contributed by atoms with Crippen LogP contribution in [0.5, 0.6) is 0 Å². The highest BCUT2D eigenvalue weighted by Crippen LogP contribution is 2.31. The summed E-state index contributed by atoms with van der Waals surface area (Å²) in [5.41, 5.74) is 3.67. The van der Waals surface area contributed by atoms with Crippen molar-refractivity contribution in [3.63, 3.8) is 0 Å². The lowest BCUT2D eigenvalue weighted by Crippen LogP contribution is -2.39. The first-order chi connectivity index (χ1) is 12.1. The Morgan fingerprint density at radius 3 is 2.72 bits per heavy atom. The first-order valence-electron chi connectivity index (χ1n) is 8.42. The molecule has 0 bridgehead atoms. The Balaban J connectivity index is 1.61. The number of para-hydroxylation sites is 1. The van der Waals surface area contributed by atoms with E-state index in [2.05, 4.69) is 10.6 Å². The quantitative estimate of drug-likeness (QED) is 0.882. The smallest absolute Gasteiger partial charge is 0.255 e. The monoisotopic (exact) mass is 341 g/mol. The summed E-state index contributed by atoms with van der Waals surface area (Å²) >= 11 is 0. The van der Waals surface area contributed by atoms with Crippen molar-refractivity contribution in [3.05, 3.63) is 58.9 Å². The van der Waals surface area contributed by atoms with Gasteiger partial charge in [-0.15, -0.1) is 0 Å². The normalized spacial score (nSPS) is 19.8. The molecule has 2 aromatic carbocycles. The van der Waals surface area contributed by atoms with Gasteiger partial charge in [0.2, 0.25) is 0 Å². The highest BCUT2D eigenvalue weighted by molar-refractivity contribution is 6.02. The molecular formula is C19H20FN3O2. The van der Waals surface area contributed by atoms with Gasteiger partial charge in [0.15, 0.2) is 0 Å². The molecule has 0 saturated carbocycles. The summed E-state index contributed by atoms with van der Waals surface area (Å²) in [6, 6.07) is 10.7. The fourth-order valence-electron chi connectivity index (χ4n) is 3.37. The molecule has 130 valence electrons. The summed E-state index contributed by atoms with van der Waals surface area (Å²) in [6.45, 7) is 4.53. The number of ether oxygens (including phenoxy) is 1. The average Bonchev–Trinajstić information content (AvgIpc) is 2.63. The maximum absolute atomic E-state index is 14.6. The lowest BCUT2D eigenvalue weighted by atomic mass is 10.0. The van der Waals surface area contributed by atoms with Gasteiger partial charge in [0.25, 0.3) is 5.91 Å². The molecule has 1 saturated heterocycles. The molecule has 0 aliphatic carbocycles. The predicted octanol–water partition coefficient (Wildman–Crippen LogP) is 2.82. The fraction of sp³-hybridized carbons (Fsp3) is 0.316. The van der Waals surface area contributed by atoms with Crippen molar-refractivity contribution in [2.45, 2.75) is 13.1 Å². The number of morpholine rings is 1. The Hall–Kier alpha value is -2.60. The van der Waals surface area contributed by atoms with Crippen LogP contribution in [0.25, 0.3) is 0 Å². The van der Waals surface area contributed by atoms with Crippen molar-refractivity contribution < 1.29 is 13.9 Å². The molecular weight excluding hydrogens is 321 g/mol. The number of rotatable bonds is 2. The van der Waals surface area contributed by atoms with E-state index in [0.29, 0.717) is 43.1 Å². The Bertz CT molecular complexity index is 818. The van der Waals surface area contributed by atoms with E-state index in [-0.39, 0.29) is 11.7 Å². The molecule has 1 atom stereocenters. The third-order valence-electron chi connectivity index (χ3n) is 4.74. The molecule has 4 rings (SSSR count). The number of hydrogen-bond donors (Lipinski definition) is 2. The minimum absolute atomic E-state index is 0.153. The highest BCUT2D eigenvalue weighted by atomic mass is 19.1. The topological polar surface area (TPSA) is 53.6 Å². The largest absolute Gasteiger partial charge is 0.378 e. The van der Waals surface area contributed by atoms with Crippen molar-refractivity contribution in [2.24, 2.45) is 0 Å². The number of fused-ring (bicyclic) bond motifs is 1. The van der Waals surface area contributed by atoms with E-state index in [9.17, 15) is 9.18 Å². The molecule has 0 spiro atoms. The fourth-order valence-corrected chi connectivity index (χ4v) is 3.37. The van der Waals surface area contributed by atoms with Crippen LogP contribution in [0, 0.1) is 12.7 Å². The molecule has 2 aromatic rings. The number of anilines is 2. The Labute approximate surface area is 145 Å². The number of nitrogens with zero attached hydrogens (tertiary/aromatic N) is 1. The molecule has 6 heteroatoms. The van der Waals surface area contributed by atoms with E-state index in [1.807, 2.05) is 30.0 Å². The van der Waals surface area contributed by atoms with Crippen LogP contribution in [0.3, 0.4) is 0 Å². The second-order valence-electron chi connectivity index (χ2n) is 6.36. The zero-order valence-electron chi connectivity index (χ0n) is 14.0. The molecule has 0 radical (unpaired) electrons. The van der Waals surface area contributed by atoms with Gasteiger partial charge >= 0.3 is 0 Å². The van der Waals surface area contributed by atoms with E-state index in [0.717, 1.165) is 11.3 Å². The molecule has 2 heterocycles. The van der Waals surface area contributed by atoms with Gasteiger partial charge in [0, 0.05) is 13.1 Å². The standard InChI is InChI=1S/C19H20FN3O2/c1-12-3-2-4-14-17(12)21-18(22-19(14)24)13-5-6-16(15(20)11-13)23-7-9-25-10-8-23/h2-6,11,18,21H,7-10H2,1H3,(H,22,24)/t18-/m1/s1. The number of benzene rings is 2. The summed E-state index contributed by atoms with van der Waals surface area (Å²) in [5.74, 6) is -0.439. The molecule has 5 nitrogen and oxygen atoms in total. The summed E-state index contributed by atoms with van der Waals surface area (Å²) in [4.78, 5) is 14.3. The van der Waals surface area contributed by atoms with E-state index < -0.39 is 6.17 Å². The second-order valence-corrected chi connectivity index (χ2v) is 6.36. The molecule has 0 aromatic heterocycles. The minimum Gasteiger partial charge on any atom is -0.378 e. The molecule has 1 amide bonds. The van der Waals surface area contributed by atoms with Crippen LogP contribution < -0.4 is 15.5 Å². The maximum atomic E-state index is 14.6. The zero-order valence-corrected chi connectivity index (χ0v) is 14.0. The van der Waals surface area contributed by atoms with Crippen molar-refractivity contribution >= 4 is 17.3 Å². The van der Waals surface area contributed by atoms with E-state index in [1.165, 1.54) is 6.07 Å². The summed E-state index contributed by atoms with van der Waals surface area (Å²) in [5, 5.41) is 6.20. The molecule has 2 aliphatic heterocycles. The molecule has 2 N–H and O–H groups in total. The molecule has 2 aliphatic rings. The minimum atomic E-state index is -0.450. The van der Waals surface area contributed by atoms with E-state index >= 15 is 0 Å². The van der Waals surface area contributed by atoms with Gasteiger partial charge in [-0.1, -0.05) is 18.2 Å². The van der Waals surface area contributed by atoms with E-state index in [1.54, 1.807) is 12.1 Å². The lowest BCUT2D eigenvalue weighted by Gasteiger charge is -2.31. The van der Waals surface area contributed by atoms with Crippen molar-refractivity contribution in [1.82, 2.24) is 5.32 Å². The van der Waals surface area contributed by atoms with Crippen LogP contribution in [0.4, 0.5) is 15.8 Å². The van der Waals surface area contributed by atoms with Gasteiger partial charge in [-0.25, -0.2) is 4.39 Å². The van der Waals surface area contributed by atoms with Crippen molar-refractivity contribution in [1.29, 1.82) is 0 Å². The molecule has 1 fully saturated rings.